The lowest BCUT2D eigenvalue weighted by Gasteiger charge is -2.15. The molecule has 1 aromatic heterocycles. The number of rotatable bonds is 3. The van der Waals surface area contributed by atoms with Crippen LogP contribution in [0.2, 0.25) is 0 Å². The molecule has 0 fully saturated rings. The first-order valence-electron chi connectivity index (χ1n) is 3.99. The van der Waals surface area contributed by atoms with Crippen molar-refractivity contribution in [3.63, 3.8) is 0 Å². The molecule has 3 heteroatoms. The van der Waals surface area contributed by atoms with Crippen LogP contribution in [0.3, 0.4) is 0 Å². The molecule has 0 amide bonds. The van der Waals surface area contributed by atoms with Gasteiger partial charge >= 0.3 is 0 Å². The van der Waals surface area contributed by atoms with Gasteiger partial charge in [0.1, 0.15) is 5.82 Å². The van der Waals surface area contributed by atoms with Crippen molar-refractivity contribution in [3.8, 4) is 0 Å². The maximum absolute atomic E-state index is 5.59. The van der Waals surface area contributed by atoms with Crippen LogP contribution in [0.5, 0.6) is 0 Å². The molecule has 11 heavy (non-hydrogen) atoms. The maximum atomic E-state index is 5.59. The van der Waals surface area contributed by atoms with E-state index < -0.39 is 0 Å². The molecule has 1 aromatic rings. The van der Waals surface area contributed by atoms with Crippen molar-refractivity contribution in [2.24, 2.45) is 5.73 Å². The Kier molecular flexibility index (Phi) is 2.65. The van der Waals surface area contributed by atoms with Crippen molar-refractivity contribution < 1.29 is 0 Å². The average molecular weight is 153 g/mol. The fourth-order valence-electron chi connectivity index (χ4n) is 1.25. The average Bonchev–Trinajstić information content (AvgIpc) is 2.40. The first-order valence-corrected chi connectivity index (χ1v) is 3.99. The molecule has 1 rings (SSSR count). The number of nitrogens with zero attached hydrogens (tertiary/aromatic N) is 2. The van der Waals surface area contributed by atoms with Gasteiger partial charge in [0.2, 0.25) is 0 Å². The highest BCUT2D eigenvalue weighted by Gasteiger charge is 2.06. The minimum atomic E-state index is 0.414. The van der Waals surface area contributed by atoms with Crippen LogP contribution in [-0.4, -0.2) is 16.1 Å². The molecular weight excluding hydrogens is 138 g/mol. The third-order valence-electron chi connectivity index (χ3n) is 2.00. The number of nitrogens with two attached hydrogens (primary N) is 1. The molecule has 0 aromatic carbocycles. The molecular formula is C8H15N3. The molecule has 0 aliphatic carbocycles. The lowest BCUT2D eigenvalue weighted by molar-refractivity contribution is 0.485. The quantitative estimate of drug-likeness (QED) is 0.706. The molecule has 0 saturated carbocycles. The molecule has 0 bridgehead atoms. The Hall–Kier alpha value is -0.830. The van der Waals surface area contributed by atoms with E-state index in [-0.39, 0.29) is 0 Å². The molecule has 1 unspecified atom stereocenters. The first kappa shape index (κ1) is 8.27. The number of aryl methyl sites for hydroxylation is 1. The summed E-state index contributed by atoms with van der Waals surface area (Å²) in [4.78, 5) is 4.14. The largest absolute Gasteiger partial charge is 0.331 e. The minimum absolute atomic E-state index is 0.414. The SMILES string of the molecule is CCC(CN)n1ccnc1C. The van der Waals surface area contributed by atoms with E-state index in [0.29, 0.717) is 12.6 Å². The number of imidazole rings is 1. The summed E-state index contributed by atoms with van der Waals surface area (Å²) < 4.78 is 2.12. The molecule has 0 radical (unpaired) electrons. The summed E-state index contributed by atoms with van der Waals surface area (Å²) in [5, 5.41) is 0. The summed E-state index contributed by atoms with van der Waals surface area (Å²) in [6, 6.07) is 0.414. The lowest BCUT2D eigenvalue weighted by atomic mass is 10.2. The normalized spacial score (nSPS) is 13.4. The Morgan fingerprint density at radius 3 is 2.82 bits per heavy atom. The van der Waals surface area contributed by atoms with Gasteiger partial charge in [-0.1, -0.05) is 6.92 Å². The molecule has 3 nitrogen and oxygen atoms in total. The van der Waals surface area contributed by atoms with Gasteiger partial charge in [0.05, 0.1) is 0 Å². The van der Waals surface area contributed by atoms with Crippen LogP contribution in [0, 0.1) is 6.92 Å². The van der Waals surface area contributed by atoms with Crippen molar-refractivity contribution in [2.45, 2.75) is 26.3 Å². The van der Waals surface area contributed by atoms with E-state index in [4.69, 9.17) is 5.73 Å². The van der Waals surface area contributed by atoms with Gasteiger partial charge in [0.25, 0.3) is 0 Å². The molecule has 0 spiro atoms. The topological polar surface area (TPSA) is 43.8 Å². The maximum Gasteiger partial charge on any atom is 0.105 e. The Bertz CT molecular complexity index is 213. The van der Waals surface area contributed by atoms with Gasteiger partial charge in [0, 0.05) is 25.0 Å². The van der Waals surface area contributed by atoms with Gasteiger partial charge in [0.15, 0.2) is 0 Å². The number of hydrogen-bond acceptors (Lipinski definition) is 2. The van der Waals surface area contributed by atoms with E-state index in [1.807, 2.05) is 19.3 Å². The van der Waals surface area contributed by atoms with E-state index in [2.05, 4.69) is 16.5 Å². The van der Waals surface area contributed by atoms with Gasteiger partial charge in [-0.25, -0.2) is 4.98 Å². The number of hydrogen-bond donors (Lipinski definition) is 1. The van der Waals surface area contributed by atoms with E-state index >= 15 is 0 Å². The Labute approximate surface area is 67.2 Å². The fraction of sp³-hybridized carbons (Fsp3) is 0.625. The van der Waals surface area contributed by atoms with E-state index in [0.717, 1.165) is 12.2 Å². The summed E-state index contributed by atoms with van der Waals surface area (Å²) in [5.41, 5.74) is 5.59. The Morgan fingerprint density at radius 1 is 1.73 bits per heavy atom. The second-order valence-corrected chi connectivity index (χ2v) is 2.68. The van der Waals surface area contributed by atoms with Gasteiger partial charge < -0.3 is 10.3 Å². The van der Waals surface area contributed by atoms with Gasteiger partial charge in [-0.3, -0.25) is 0 Å². The molecule has 0 aliphatic heterocycles. The Morgan fingerprint density at radius 2 is 2.45 bits per heavy atom. The molecule has 0 saturated heterocycles. The van der Waals surface area contributed by atoms with Crippen LogP contribution >= 0.6 is 0 Å². The molecule has 1 atom stereocenters. The molecule has 62 valence electrons. The van der Waals surface area contributed by atoms with E-state index in [9.17, 15) is 0 Å². The van der Waals surface area contributed by atoms with Crippen LogP contribution in [0.4, 0.5) is 0 Å². The molecule has 2 N–H and O–H groups in total. The highest BCUT2D eigenvalue weighted by Crippen LogP contribution is 2.10. The predicted molar refractivity (Wildman–Crippen MR) is 45.3 cm³/mol. The third kappa shape index (κ3) is 1.60. The summed E-state index contributed by atoms with van der Waals surface area (Å²) in [5.74, 6) is 1.04. The highest BCUT2D eigenvalue weighted by molar-refractivity contribution is 4.92. The van der Waals surface area contributed by atoms with Crippen molar-refractivity contribution in [1.82, 2.24) is 9.55 Å². The van der Waals surface area contributed by atoms with Crippen LogP contribution < -0.4 is 5.73 Å². The second-order valence-electron chi connectivity index (χ2n) is 2.68. The van der Waals surface area contributed by atoms with Crippen molar-refractivity contribution in [3.05, 3.63) is 18.2 Å². The van der Waals surface area contributed by atoms with Gasteiger partial charge in [-0.05, 0) is 13.3 Å². The van der Waals surface area contributed by atoms with Gasteiger partial charge in [-0.2, -0.15) is 0 Å². The highest BCUT2D eigenvalue weighted by atomic mass is 15.1. The second kappa shape index (κ2) is 3.53. The Balaban J connectivity index is 2.81. The smallest absolute Gasteiger partial charge is 0.105 e. The fourth-order valence-corrected chi connectivity index (χ4v) is 1.25. The van der Waals surface area contributed by atoms with Crippen LogP contribution in [0.1, 0.15) is 25.2 Å². The predicted octanol–water partition coefficient (Wildman–Crippen LogP) is 1.10. The molecule has 0 aliphatic rings. The lowest BCUT2D eigenvalue weighted by Crippen LogP contribution is -2.18. The van der Waals surface area contributed by atoms with Crippen LogP contribution in [0.25, 0.3) is 0 Å². The van der Waals surface area contributed by atoms with Crippen LogP contribution in [0.15, 0.2) is 12.4 Å². The zero-order valence-electron chi connectivity index (χ0n) is 7.12. The van der Waals surface area contributed by atoms with E-state index in [1.54, 1.807) is 0 Å². The first-order chi connectivity index (χ1) is 5.29. The monoisotopic (exact) mass is 153 g/mol. The van der Waals surface area contributed by atoms with E-state index in [1.165, 1.54) is 0 Å². The van der Waals surface area contributed by atoms with Crippen molar-refractivity contribution in [1.29, 1.82) is 0 Å². The summed E-state index contributed by atoms with van der Waals surface area (Å²) in [6.07, 6.45) is 4.86. The number of aromatic nitrogens is 2. The summed E-state index contributed by atoms with van der Waals surface area (Å²) in [6.45, 7) is 4.82. The minimum Gasteiger partial charge on any atom is -0.331 e. The zero-order valence-corrected chi connectivity index (χ0v) is 7.12. The molecule has 1 heterocycles. The summed E-state index contributed by atoms with van der Waals surface area (Å²) >= 11 is 0. The third-order valence-corrected chi connectivity index (χ3v) is 2.00. The standard InChI is InChI=1S/C8H15N3/c1-3-8(6-9)11-5-4-10-7(11)2/h4-5,8H,3,6,9H2,1-2H3. The van der Waals surface area contributed by atoms with Crippen LogP contribution in [-0.2, 0) is 0 Å². The van der Waals surface area contributed by atoms with Crippen molar-refractivity contribution >= 4 is 0 Å². The summed E-state index contributed by atoms with van der Waals surface area (Å²) in [7, 11) is 0. The van der Waals surface area contributed by atoms with Gasteiger partial charge in [-0.15, -0.1) is 0 Å². The zero-order chi connectivity index (χ0) is 8.27. The van der Waals surface area contributed by atoms with Crippen molar-refractivity contribution in [2.75, 3.05) is 6.54 Å².